The highest BCUT2D eigenvalue weighted by molar-refractivity contribution is 6.31. The van der Waals surface area contributed by atoms with Crippen LogP contribution in [0.1, 0.15) is 30.1 Å². The fraction of sp³-hybridized carbons (Fsp3) is 0.333. The van der Waals surface area contributed by atoms with Crippen molar-refractivity contribution >= 4 is 17.4 Å². The van der Waals surface area contributed by atoms with E-state index < -0.39 is 0 Å². The molecule has 1 saturated carbocycles. The molecule has 1 aliphatic rings. The average Bonchev–Trinajstić information content (AvgIpc) is 3.26. The van der Waals surface area contributed by atoms with Crippen molar-refractivity contribution < 1.29 is 0 Å². The number of rotatable bonds is 5. The largest absolute Gasteiger partial charge is 0.370 e. The second-order valence-electron chi connectivity index (χ2n) is 4.84. The maximum absolute atomic E-state index is 6.13. The number of anilines is 1. The molecule has 0 atom stereocenters. The second-order valence-corrected chi connectivity index (χ2v) is 5.25. The van der Waals surface area contributed by atoms with Crippen LogP contribution in [0, 0.1) is 0 Å². The van der Waals surface area contributed by atoms with E-state index in [0.29, 0.717) is 5.92 Å². The standard InChI is InChI=1S/C15H16ClN3/c16-13-4-2-1-3-11(13)7-9-17-14-8-10-18-15(19-14)12-5-6-12/h1-4,8,10,12H,5-7,9H2,(H,17,18,19). The first kappa shape index (κ1) is 12.4. The topological polar surface area (TPSA) is 37.8 Å². The van der Waals surface area contributed by atoms with Crippen LogP contribution < -0.4 is 5.32 Å². The molecule has 0 radical (unpaired) electrons. The van der Waals surface area contributed by atoms with Gasteiger partial charge >= 0.3 is 0 Å². The Bertz CT molecular complexity index is 567. The summed E-state index contributed by atoms with van der Waals surface area (Å²) in [6, 6.07) is 9.85. The lowest BCUT2D eigenvalue weighted by Crippen LogP contribution is -2.07. The van der Waals surface area contributed by atoms with Gasteiger partial charge in [0.1, 0.15) is 11.6 Å². The first-order chi connectivity index (χ1) is 9.33. The summed E-state index contributed by atoms with van der Waals surface area (Å²) in [5, 5.41) is 4.16. The van der Waals surface area contributed by atoms with E-state index >= 15 is 0 Å². The van der Waals surface area contributed by atoms with E-state index in [1.165, 1.54) is 12.8 Å². The third-order valence-corrected chi connectivity index (χ3v) is 3.64. The van der Waals surface area contributed by atoms with E-state index in [-0.39, 0.29) is 0 Å². The summed E-state index contributed by atoms with van der Waals surface area (Å²) in [6.45, 7) is 0.824. The Hall–Kier alpha value is -1.61. The lowest BCUT2D eigenvalue weighted by Gasteiger charge is -2.07. The summed E-state index contributed by atoms with van der Waals surface area (Å²) in [5.41, 5.74) is 1.16. The van der Waals surface area contributed by atoms with Gasteiger partial charge in [0, 0.05) is 23.7 Å². The van der Waals surface area contributed by atoms with Gasteiger partial charge in [-0.3, -0.25) is 0 Å². The van der Waals surface area contributed by atoms with E-state index in [4.69, 9.17) is 11.6 Å². The van der Waals surface area contributed by atoms with Crippen LogP contribution >= 0.6 is 11.6 Å². The van der Waals surface area contributed by atoms with Gasteiger partial charge in [-0.25, -0.2) is 9.97 Å². The lowest BCUT2D eigenvalue weighted by atomic mass is 10.1. The molecule has 98 valence electrons. The van der Waals surface area contributed by atoms with Gasteiger partial charge in [0.05, 0.1) is 0 Å². The highest BCUT2D eigenvalue weighted by atomic mass is 35.5. The molecule has 3 rings (SSSR count). The third-order valence-electron chi connectivity index (χ3n) is 3.28. The summed E-state index contributed by atoms with van der Waals surface area (Å²) >= 11 is 6.13. The summed E-state index contributed by atoms with van der Waals surface area (Å²) in [4.78, 5) is 8.84. The Balaban J connectivity index is 1.57. The molecular weight excluding hydrogens is 258 g/mol. The van der Waals surface area contributed by atoms with Gasteiger partial charge < -0.3 is 5.32 Å². The molecule has 2 aromatic rings. The molecule has 0 saturated heterocycles. The van der Waals surface area contributed by atoms with Crippen LogP contribution in [0.5, 0.6) is 0 Å². The van der Waals surface area contributed by atoms with Crippen molar-refractivity contribution in [2.45, 2.75) is 25.2 Å². The number of nitrogens with one attached hydrogen (secondary N) is 1. The monoisotopic (exact) mass is 273 g/mol. The number of benzene rings is 1. The van der Waals surface area contributed by atoms with Gasteiger partial charge in [0.15, 0.2) is 0 Å². The minimum Gasteiger partial charge on any atom is -0.370 e. The van der Waals surface area contributed by atoms with Crippen LogP contribution in [-0.2, 0) is 6.42 Å². The Labute approximate surface area is 118 Å². The highest BCUT2D eigenvalue weighted by Crippen LogP contribution is 2.37. The number of hydrogen-bond acceptors (Lipinski definition) is 3. The fourth-order valence-corrected chi connectivity index (χ4v) is 2.27. The zero-order valence-corrected chi connectivity index (χ0v) is 11.4. The first-order valence-corrected chi connectivity index (χ1v) is 7.01. The molecule has 4 heteroatoms. The number of hydrogen-bond donors (Lipinski definition) is 1. The van der Waals surface area contributed by atoms with Crippen molar-refractivity contribution in [3.8, 4) is 0 Å². The summed E-state index contributed by atoms with van der Waals surface area (Å²) < 4.78 is 0. The van der Waals surface area contributed by atoms with E-state index in [1.54, 1.807) is 0 Å². The van der Waals surface area contributed by atoms with E-state index in [1.807, 2.05) is 30.5 Å². The maximum Gasteiger partial charge on any atom is 0.133 e. The predicted molar refractivity (Wildman–Crippen MR) is 77.7 cm³/mol. The van der Waals surface area contributed by atoms with Crippen LogP contribution in [0.15, 0.2) is 36.5 Å². The van der Waals surface area contributed by atoms with Crippen molar-refractivity contribution in [2.75, 3.05) is 11.9 Å². The summed E-state index contributed by atoms with van der Waals surface area (Å²) in [6.07, 6.45) is 5.17. The Morgan fingerprint density at radius 1 is 1.21 bits per heavy atom. The number of halogens is 1. The molecule has 3 nitrogen and oxygen atoms in total. The van der Waals surface area contributed by atoms with Crippen molar-refractivity contribution in [2.24, 2.45) is 0 Å². The predicted octanol–water partition coefficient (Wildman–Crippen LogP) is 3.66. The second kappa shape index (κ2) is 5.57. The maximum atomic E-state index is 6.13. The van der Waals surface area contributed by atoms with Crippen molar-refractivity contribution in [1.29, 1.82) is 0 Å². The first-order valence-electron chi connectivity index (χ1n) is 6.63. The third kappa shape index (κ3) is 3.24. The molecule has 0 unspecified atom stereocenters. The Kier molecular flexibility index (Phi) is 3.65. The Morgan fingerprint density at radius 3 is 2.84 bits per heavy atom. The molecule has 1 heterocycles. The van der Waals surface area contributed by atoms with E-state index in [0.717, 1.165) is 35.2 Å². The van der Waals surface area contributed by atoms with Crippen LogP contribution in [0.2, 0.25) is 5.02 Å². The highest BCUT2D eigenvalue weighted by Gasteiger charge is 2.26. The smallest absolute Gasteiger partial charge is 0.133 e. The molecule has 1 aliphatic carbocycles. The van der Waals surface area contributed by atoms with Crippen LogP contribution in [-0.4, -0.2) is 16.5 Å². The molecule has 0 aliphatic heterocycles. The molecule has 19 heavy (non-hydrogen) atoms. The van der Waals surface area contributed by atoms with Gasteiger partial charge in [-0.15, -0.1) is 0 Å². The van der Waals surface area contributed by atoms with E-state index in [9.17, 15) is 0 Å². The number of nitrogens with zero attached hydrogens (tertiary/aromatic N) is 2. The lowest BCUT2D eigenvalue weighted by molar-refractivity contribution is 0.915. The van der Waals surface area contributed by atoms with Gasteiger partial charge in [-0.05, 0) is 37.0 Å². The molecular formula is C15H16ClN3. The summed E-state index contributed by atoms with van der Waals surface area (Å²) in [7, 11) is 0. The fourth-order valence-electron chi connectivity index (χ4n) is 2.04. The van der Waals surface area contributed by atoms with Gasteiger partial charge in [-0.1, -0.05) is 29.8 Å². The molecule has 0 spiro atoms. The minimum absolute atomic E-state index is 0.588. The van der Waals surface area contributed by atoms with Crippen molar-refractivity contribution in [3.63, 3.8) is 0 Å². The van der Waals surface area contributed by atoms with Crippen LogP contribution in [0.3, 0.4) is 0 Å². The SMILES string of the molecule is Clc1ccccc1CCNc1ccnc(C2CC2)n1. The molecule has 1 aromatic carbocycles. The molecule has 1 N–H and O–H groups in total. The van der Waals surface area contributed by atoms with Crippen molar-refractivity contribution in [3.05, 3.63) is 52.9 Å². The Morgan fingerprint density at radius 2 is 2.05 bits per heavy atom. The summed E-state index contributed by atoms with van der Waals surface area (Å²) in [5.74, 6) is 2.47. The molecule has 1 fully saturated rings. The average molecular weight is 274 g/mol. The molecule has 0 amide bonds. The van der Waals surface area contributed by atoms with Gasteiger partial charge in [0.2, 0.25) is 0 Å². The quantitative estimate of drug-likeness (QED) is 0.903. The van der Waals surface area contributed by atoms with Gasteiger partial charge in [-0.2, -0.15) is 0 Å². The molecule has 1 aromatic heterocycles. The zero-order chi connectivity index (χ0) is 13.1. The molecule has 0 bridgehead atoms. The zero-order valence-electron chi connectivity index (χ0n) is 10.6. The normalized spacial score (nSPS) is 14.4. The van der Waals surface area contributed by atoms with Gasteiger partial charge in [0.25, 0.3) is 0 Å². The van der Waals surface area contributed by atoms with Crippen molar-refractivity contribution in [1.82, 2.24) is 9.97 Å². The minimum atomic E-state index is 0.588. The number of aromatic nitrogens is 2. The van der Waals surface area contributed by atoms with Crippen LogP contribution in [0.4, 0.5) is 5.82 Å². The van der Waals surface area contributed by atoms with E-state index in [2.05, 4.69) is 21.4 Å². The van der Waals surface area contributed by atoms with Crippen LogP contribution in [0.25, 0.3) is 0 Å².